The minimum absolute atomic E-state index is 0.0645. The van der Waals surface area contributed by atoms with Crippen LogP contribution in [0, 0.1) is 5.82 Å². The molecule has 132 valence electrons. The molecule has 7 heteroatoms. The van der Waals surface area contributed by atoms with E-state index < -0.39 is 5.91 Å². The largest absolute Gasteiger partial charge is 0.383 e. The number of pyridine rings is 1. The number of ether oxygens (including phenoxy) is 1. The lowest BCUT2D eigenvalue weighted by Crippen LogP contribution is -2.41. The number of benzene rings is 1. The summed E-state index contributed by atoms with van der Waals surface area (Å²) in [5.41, 5.74) is 7.29. The molecule has 1 aromatic carbocycles. The highest BCUT2D eigenvalue weighted by Gasteiger charge is 2.22. The number of amides is 1. The number of hydrogen-bond acceptors (Lipinski definition) is 5. The smallest absolute Gasteiger partial charge is 0.267 e. The van der Waals surface area contributed by atoms with Gasteiger partial charge in [0.15, 0.2) is 0 Å². The fourth-order valence-corrected chi connectivity index (χ4v) is 2.92. The summed E-state index contributed by atoms with van der Waals surface area (Å²) in [4.78, 5) is 17.5. The lowest BCUT2D eigenvalue weighted by Gasteiger charge is -2.35. The highest BCUT2D eigenvalue weighted by Crippen LogP contribution is 2.23. The van der Waals surface area contributed by atoms with Gasteiger partial charge in [0.05, 0.1) is 19.3 Å². The lowest BCUT2D eigenvalue weighted by molar-refractivity contribution is 0.0187. The fourth-order valence-electron chi connectivity index (χ4n) is 2.92. The topological polar surface area (TPSA) is 80.5 Å². The van der Waals surface area contributed by atoms with E-state index in [4.69, 9.17) is 10.5 Å². The van der Waals surface area contributed by atoms with Crippen molar-refractivity contribution < 1.29 is 13.9 Å². The molecular weight excluding hydrogens is 323 g/mol. The molecule has 3 rings (SSSR count). The Kier molecular flexibility index (Phi) is 5.57. The van der Waals surface area contributed by atoms with Crippen LogP contribution in [0.5, 0.6) is 0 Å². The molecule has 2 aromatic rings. The van der Waals surface area contributed by atoms with Crippen LogP contribution >= 0.6 is 0 Å². The molecule has 1 amide bonds. The first kappa shape index (κ1) is 17.3. The summed E-state index contributed by atoms with van der Waals surface area (Å²) < 4.78 is 18.7. The standard InChI is InChI=1S/C18H21FN4O2/c19-14-3-1-13(2-4-14)17(23-7-9-25-10-8-23)12-22-15-5-6-21-16(11-15)18(20)24/h1-6,11,17H,7-10,12H2,(H2,20,24)(H,21,22). The van der Waals surface area contributed by atoms with Crippen LogP contribution in [0.25, 0.3) is 0 Å². The molecule has 1 atom stereocenters. The number of aromatic nitrogens is 1. The van der Waals surface area contributed by atoms with Crippen molar-refractivity contribution in [3.05, 3.63) is 59.7 Å². The highest BCUT2D eigenvalue weighted by atomic mass is 19.1. The van der Waals surface area contributed by atoms with E-state index in [-0.39, 0.29) is 17.6 Å². The fraction of sp³-hybridized carbons (Fsp3) is 0.333. The number of nitrogens with two attached hydrogens (primary N) is 1. The van der Waals surface area contributed by atoms with Gasteiger partial charge in [-0.05, 0) is 29.8 Å². The SMILES string of the molecule is NC(=O)c1cc(NCC(c2ccc(F)cc2)N2CCOCC2)ccn1. The van der Waals surface area contributed by atoms with Crippen molar-refractivity contribution in [1.82, 2.24) is 9.88 Å². The summed E-state index contributed by atoms with van der Waals surface area (Å²) in [7, 11) is 0. The van der Waals surface area contributed by atoms with E-state index in [1.165, 1.54) is 12.1 Å². The number of halogens is 1. The molecular formula is C18H21FN4O2. The van der Waals surface area contributed by atoms with Gasteiger partial charge in [-0.1, -0.05) is 12.1 Å². The number of rotatable bonds is 6. The zero-order chi connectivity index (χ0) is 17.6. The molecule has 1 unspecified atom stereocenters. The number of carbonyl (C=O) groups is 1. The number of primary amides is 1. The Morgan fingerprint density at radius 1 is 1.28 bits per heavy atom. The second-order valence-electron chi connectivity index (χ2n) is 5.89. The third-order valence-corrected chi connectivity index (χ3v) is 4.25. The van der Waals surface area contributed by atoms with Gasteiger partial charge in [-0.25, -0.2) is 4.39 Å². The van der Waals surface area contributed by atoms with Crippen molar-refractivity contribution in [2.45, 2.75) is 6.04 Å². The summed E-state index contributed by atoms with van der Waals surface area (Å²) >= 11 is 0. The van der Waals surface area contributed by atoms with Crippen molar-refractivity contribution in [3.8, 4) is 0 Å². The monoisotopic (exact) mass is 344 g/mol. The molecule has 2 heterocycles. The van der Waals surface area contributed by atoms with Crippen molar-refractivity contribution in [1.29, 1.82) is 0 Å². The van der Waals surface area contributed by atoms with Crippen LogP contribution in [-0.2, 0) is 4.74 Å². The van der Waals surface area contributed by atoms with Crippen LogP contribution in [0.15, 0.2) is 42.6 Å². The van der Waals surface area contributed by atoms with E-state index in [0.29, 0.717) is 19.8 Å². The van der Waals surface area contributed by atoms with Gasteiger partial charge in [-0.15, -0.1) is 0 Å². The molecule has 0 bridgehead atoms. The van der Waals surface area contributed by atoms with E-state index >= 15 is 0 Å². The quantitative estimate of drug-likeness (QED) is 0.835. The van der Waals surface area contributed by atoms with E-state index in [2.05, 4.69) is 15.2 Å². The van der Waals surface area contributed by atoms with E-state index in [0.717, 1.165) is 24.3 Å². The number of hydrogen-bond donors (Lipinski definition) is 2. The van der Waals surface area contributed by atoms with Crippen LogP contribution in [-0.4, -0.2) is 48.6 Å². The molecule has 3 N–H and O–H groups in total. The Morgan fingerprint density at radius 2 is 2.00 bits per heavy atom. The molecule has 25 heavy (non-hydrogen) atoms. The molecule has 1 saturated heterocycles. The number of carbonyl (C=O) groups excluding carboxylic acids is 1. The first-order chi connectivity index (χ1) is 12.1. The summed E-state index contributed by atoms with van der Waals surface area (Å²) in [5, 5.41) is 3.33. The molecule has 6 nitrogen and oxygen atoms in total. The van der Waals surface area contributed by atoms with Gasteiger partial charge in [-0.3, -0.25) is 14.7 Å². The Bertz CT molecular complexity index is 717. The van der Waals surface area contributed by atoms with Crippen LogP contribution in [0.4, 0.5) is 10.1 Å². The Labute approximate surface area is 145 Å². The minimum atomic E-state index is -0.563. The average Bonchev–Trinajstić information content (AvgIpc) is 2.64. The molecule has 0 spiro atoms. The second kappa shape index (κ2) is 8.04. The van der Waals surface area contributed by atoms with Gasteiger partial charge in [0.2, 0.25) is 0 Å². The van der Waals surface area contributed by atoms with Gasteiger partial charge in [0.25, 0.3) is 5.91 Å². The summed E-state index contributed by atoms with van der Waals surface area (Å²) in [6.45, 7) is 3.59. The summed E-state index contributed by atoms with van der Waals surface area (Å²) in [6.07, 6.45) is 1.55. The van der Waals surface area contributed by atoms with E-state index in [1.807, 2.05) is 0 Å². The van der Waals surface area contributed by atoms with Crippen LogP contribution in [0.1, 0.15) is 22.1 Å². The molecule has 0 saturated carbocycles. The molecule has 0 aliphatic carbocycles. The van der Waals surface area contributed by atoms with Gasteiger partial charge in [-0.2, -0.15) is 0 Å². The Morgan fingerprint density at radius 3 is 2.68 bits per heavy atom. The molecule has 1 aromatic heterocycles. The highest BCUT2D eigenvalue weighted by molar-refractivity contribution is 5.91. The molecule has 1 aliphatic rings. The Hall–Kier alpha value is -2.51. The maximum absolute atomic E-state index is 13.3. The zero-order valence-electron chi connectivity index (χ0n) is 13.8. The summed E-state index contributed by atoms with van der Waals surface area (Å²) in [6, 6.07) is 10.0. The van der Waals surface area contributed by atoms with Crippen molar-refractivity contribution in [2.24, 2.45) is 5.73 Å². The van der Waals surface area contributed by atoms with Crippen LogP contribution < -0.4 is 11.1 Å². The third-order valence-electron chi connectivity index (χ3n) is 4.25. The van der Waals surface area contributed by atoms with Gasteiger partial charge in [0, 0.05) is 31.5 Å². The van der Waals surface area contributed by atoms with E-state index in [1.54, 1.807) is 30.5 Å². The lowest BCUT2D eigenvalue weighted by atomic mass is 10.0. The third kappa shape index (κ3) is 4.52. The number of nitrogens with zero attached hydrogens (tertiary/aromatic N) is 2. The Balaban J connectivity index is 1.76. The maximum Gasteiger partial charge on any atom is 0.267 e. The van der Waals surface area contributed by atoms with Crippen LogP contribution in [0.2, 0.25) is 0 Å². The minimum Gasteiger partial charge on any atom is -0.383 e. The molecule has 1 aliphatic heterocycles. The molecule has 0 radical (unpaired) electrons. The van der Waals surface area contributed by atoms with Crippen molar-refractivity contribution in [3.63, 3.8) is 0 Å². The second-order valence-corrected chi connectivity index (χ2v) is 5.89. The predicted octanol–water partition coefficient (Wildman–Crippen LogP) is 1.80. The van der Waals surface area contributed by atoms with Crippen molar-refractivity contribution in [2.75, 3.05) is 38.2 Å². The average molecular weight is 344 g/mol. The summed E-state index contributed by atoms with van der Waals surface area (Å²) in [5.74, 6) is -0.815. The van der Waals surface area contributed by atoms with Gasteiger partial charge in [0.1, 0.15) is 11.5 Å². The first-order valence-electron chi connectivity index (χ1n) is 8.20. The predicted molar refractivity (Wildman–Crippen MR) is 92.8 cm³/mol. The number of nitrogens with one attached hydrogen (secondary N) is 1. The molecule has 1 fully saturated rings. The normalized spacial score (nSPS) is 16.4. The number of morpholine rings is 1. The van der Waals surface area contributed by atoms with E-state index in [9.17, 15) is 9.18 Å². The van der Waals surface area contributed by atoms with Gasteiger partial charge >= 0.3 is 0 Å². The van der Waals surface area contributed by atoms with Crippen LogP contribution in [0.3, 0.4) is 0 Å². The van der Waals surface area contributed by atoms with Gasteiger partial charge < -0.3 is 15.8 Å². The van der Waals surface area contributed by atoms with Crippen molar-refractivity contribution >= 4 is 11.6 Å². The number of anilines is 1. The maximum atomic E-state index is 13.3. The zero-order valence-corrected chi connectivity index (χ0v) is 13.8. The first-order valence-corrected chi connectivity index (χ1v) is 8.20.